The number of carbonyl (C=O) groups is 2. The van der Waals surface area contributed by atoms with Gasteiger partial charge in [-0.2, -0.15) is 0 Å². The quantitative estimate of drug-likeness (QED) is 0.704. The van der Waals surface area contributed by atoms with Gasteiger partial charge in [-0.05, 0) is 11.8 Å². The van der Waals surface area contributed by atoms with E-state index < -0.39 is 23.5 Å². The summed E-state index contributed by atoms with van der Waals surface area (Å²) >= 11 is 0. The van der Waals surface area contributed by atoms with Gasteiger partial charge in [0, 0.05) is 0 Å². The third-order valence-corrected chi connectivity index (χ3v) is 2.36. The van der Waals surface area contributed by atoms with Crippen molar-refractivity contribution >= 4 is 12.1 Å². The lowest BCUT2D eigenvalue weighted by molar-refractivity contribution is -0.142. The van der Waals surface area contributed by atoms with Crippen molar-refractivity contribution in [3.05, 3.63) is 0 Å². The van der Waals surface area contributed by atoms with Crippen LogP contribution in [0.15, 0.2) is 0 Å². The van der Waals surface area contributed by atoms with Crippen LogP contribution in [0.4, 0.5) is 4.79 Å². The van der Waals surface area contributed by atoms with E-state index in [2.05, 4.69) is 12.2 Å². The van der Waals surface area contributed by atoms with Crippen molar-refractivity contribution < 1.29 is 19.4 Å². The van der Waals surface area contributed by atoms with Crippen LogP contribution in [0.1, 0.15) is 47.0 Å². The maximum Gasteiger partial charge on any atom is 0.407 e. The van der Waals surface area contributed by atoms with Crippen LogP contribution in [-0.4, -0.2) is 29.8 Å². The van der Waals surface area contributed by atoms with E-state index in [0.29, 0.717) is 6.61 Å². The molecule has 100 valence electrons. The minimum absolute atomic E-state index is 0.330. The van der Waals surface area contributed by atoms with Crippen molar-refractivity contribution in [2.45, 2.75) is 53.0 Å². The molecule has 5 nitrogen and oxygen atoms in total. The van der Waals surface area contributed by atoms with E-state index in [1.807, 2.05) is 0 Å². The van der Waals surface area contributed by atoms with E-state index in [0.717, 1.165) is 19.3 Å². The van der Waals surface area contributed by atoms with Crippen LogP contribution in [0.3, 0.4) is 0 Å². The summed E-state index contributed by atoms with van der Waals surface area (Å²) in [5, 5.41) is 11.4. The number of nitrogens with one attached hydrogen (secondary N) is 1. The first kappa shape index (κ1) is 15.7. The highest BCUT2D eigenvalue weighted by atomic mass is 16.5. The standard InChI is InChI=1S/C12H23NO4/c1-5-6-7-8-17-11(16)13-9(10(14)15)12(2,3)4/h9H,5-8H2,1-4H3,(H,13,16)(H,14,15)/t9-/m1/s1. The number of carboxylic acid groups (broad SMARTS) is 1. The molecular formula is C12H23NO4. The second-order valence-corrected chi connectivity index (χ2v) is 5.12. The minimum Gasteiger partial charge on any atom is -0.480 e. The summed E-state index contributed by atoms with van der Waals surface area (Å²) in [4.78, 5) is 22.4. The molecule has 0 unspecified atom stereocenters. The van der Waals surface area contributed by atoms with Gasteiger partial charge in [0.2, 0.25) is 0 Å². The van der Waals surface area contributed by atoms with Crippen LogP contribution in [0, 0.1) is 5.41 Å². The zero-order chi connectivity index (χ0) is 13.5. The predicted octanol–water partition coefficient (Wildman–Crippen LogP) is 2.40. The first-order valence-corrected chi connectivity index (χ1v) is 5.95. The Bertz CT molecular complexity index is 258. The van der Waals surface area contributed by atoms with E-state index in [1.165, 1.54) is 0 Å². The van der Waals surface area contributed by atoms with Gasteiger partial charge in [-0.3, -0.25) is 0 Å². The molecule has 1 amide bonds. The maximum atomic E-state index is 11.4. The van der Waals surface area contributed by atoms with Gasteiger partial charge in [0.15, 0.2) is 0 Å². The highest BCUT2D eigenvalue weighted by molar-refractivity contribution is 5.80. The molecule has 5 heteroatoms. The number of carbonyl (C=O) groups excluding carboxylic acids is 1. The average molecular weight is 245 g/mol. The number of aliphatic carboxylic acids is 1. The monoisotopic (exact) mass is 245 g/mol. The van der Waals surface area contributed by atoms with Crippen molar-refractivity contribution in [1.29, 1.82) is 0 Å². The van der Waals surface area contributed by atoms with Crippen molar-refractivity contribution in [2.24, 2.45) is 5.41 Å². The number of ether oxygens (including phenoxy) is 1. The number of rotatable bonds is 6. The number of alkyl carbamates (subject to hydrolysis) is 1. The van der Waals surface area contributed by atoms with Crippen molar-refractivity contribution in [1.82, 2.24) is 5.32 Å². The fourth-order valence-corrected chi connectivity index (χ4v) is 1.33. The van der Waals surface area contributed by atoms with Gasteiger partial charge in [-0.15, -0.1) is 0 Å². The van der Waals surface area contributed by atoms with Gasteiger partial charge >= 0.3 is 12.1 Å². The molecule has 0 aliphatic heterocycles. The molecule has 0 radical (unpaired) electrons. The number of carboxylic acids is 1. The van der Waals surface area contributed by atoms with Gasteiger partial charge in [0.05, 0.1) is 6.61 Å². The van der Waals surface area contributed by atoms with Gasteiger partial charge in [0.25, 0.3) is 0 Å². The first-order chi connectivity index (χ1) is 7.79. The molecule has 0 saturated carbocycles. The maximum absolute atomic E-state index is 11.4. The molecule has 0 heterocycles. The lowest BCUT2D eigenvalue weighted by atomic mass is 9.87. The van der Waals surface area contributed by atoms with Crippen LogP contribution in [0.25, 0.3) is 0 Å². The van der Waals surface area contributed by atoms with E-state index in [9.17, 15) is 9.59 Å². The molecule has 0 aliphatic carbocycles. The van der Waals surface area contributed by atoms with Crippen LogP contribution in [0.5, 0.6) is 0 Å². The van der Waals surface area contributed by atoms with Gasteiger partial charge in [0.1, 0.15) is 6.04 Å². The van der Waals surface area contributed by atoms with E-state index in [4.69, 9.17) is 9.84 Å². The molecule has 0 aromatic carbocycles. The van der Waals surface area contributed by atoms with Crippen LogP contribution in [0.2, 0.25) is 0 Å². The Morgan fingerprint density at radius 1 is 1.29 bits per heavy atom. The van der Waals surface area contributed by atoms with Crippen molar-refractivity contribution in [3.63, 3.8) is 0 Å². The number of hydrogen-bond acceptors (Lipinski definition) is 3. The summed E-state index contributed by atoms with van der Waals surface area (Å²) in [6, 6.07) is -0.943. The van der Waals surface area contributed by atoms with E-state index >= 15 is 0 Å². The SMILES string of the molecule is CCCCCOC(=O)N[C@H](C(=O)O)C(C)(C)C. The predicted molar refractivity (Wildman–Crippen MR) is 64.9 cm³/mol. The second-order valence-electron chi connectivity index (χ2n) is 5.12. The third kappa shape index (κ3) is 6.81. The van der Waals surface area contributed by atoms with Gasteiger partial charge < -0.3 is 15.2 Å². The number of hydrogen-bond donors (Lipinski definition) is 2. The first-order valence-electron chi connectivity index (χ1n) is 5.95. The molecule has 0 fully saturated rings. The topological polar surface area (TPSA) is 75.6 Å². The molecule has 0 saturated heterocycles. The molecule has 0 aromatic heterocycles. The fourth-order valence-electron chi connectivity index (χ4n) is 1.33. The molecule has 1 atom stereocenters. The lowest BCUT2D eigenvalue weighted by Crippen LogP contribution is -2.49. The third-order valence-electron chi connectivity index (χ3n) is 2.36. The summed E-state index contributed by atoms with van der Waals surface area (Å²) in [6.45, 7) is 7.64. The second kappa shape index (κ2) is 7.14. The Morgan fingerprint density at radius 3 is 2.29 bits per heavy atom. The Morgan fingerprint density at radius 2 is 1.88 bits per heavy atom. The molecule has 0 aliphatic rings. The number of amides is 1. The highest BCUT2D eigenvalue weighted by Crippen LogP contribution is 2.19. The van der Waals surface area contributed by atoms with Crippen LogP contribution in [-0.2, 0) is 9.53 Å². The van der Waals surface area contributed by atoms with Crippen molar-refractivity contribution in [2.75, 3.05) is 6.61 Å². The summed E-state index contributed by atoms with van der Waals surface area (Å²) in [5.74, 6) is -1.05. The highest BCUT2D eigenvalue weighted by Gasteiger charge is 2.32. The number of unbranched alkanes of at least 4 members (excludes halogenated alkanes) is 2. The van der Waals surface area contributed by atoms with E-state index in [-0.39, 0.29) is 0 Å². The molecule has 0 spiro atoms. The summed E-state index contributed by atoms with van der Waals surface area (Å²) in [5.41, 5.74) is -0.547. The Labute approximate surface area is 103 Å². The molecular weight excluding hydrogens is 222 g/mol. The fraction of sp³-hybridized carbons (Fsp3) is 0.833. The Balaban J connectivity index is 4.11. The smallest absolute Gasteiger partial charge is 0.407 e. The molecule has 0 aromatic rings. The molecule has 17 heavy (non-hydrogen) atoms. The summed E-state index contributed by atoms with van der Waals surface area (Å²) in [7, 11) is 0. The van der Waals surface area contributed by atoms with Crippen LogP contribution < -0.4 is 5.32 Å². The van der Waals surface area contributed by atoms with Crippen molar-refractivity contribution in [3.8, 4) is 0 Å². The van der Waals surface area contributed by atoms with E-state index in [1.54, 1.807) is 20.8 Å². The largest absolute Gasteiger partial charge is 0.480 e. The minimum atomic E-state index is -1.05. The summed E-state index contributed by atoms with van der Waals surface area (Å²) in [6.07, 6.45) is 2.18. The zero-order valence-electron chi connectivity index (χ0n) is 11.1. The average Bonchev–Trinajstić information content (AvgIpc) is 2.19. The normalized spacial score (nSPS) is 12.9. The van der Waals surface area contributed by atoms with Gasteiger partial charge in [-0.1, -0.05) is 40.5 Å². The Hall–Kier alpha value is -1.26. The van der Waals surface area contributed by atoms with Crippen LogP contribution >= 0.6 is 0 Å². The van der Waals surface area contributed by atoms with Gasteiger partial charge in [-0.25, -0.2) is 9.59 Å². The Kier molecular flexibility index (Phi) is 6.61. The summed E-state index contributed by atoms with van der Waals surface area (Å²) < 4.78 is 4.91. The molecule has 2 N–H and O–H groups in total. The molecule has 0 rings (SSSR count). The lowest BCUT2D eigenvalue weighted by Gasteiger charge is -2.27. The molecule has 0 bridgehead atoms. The zero-order valence-corrected chi connectivity index (χ0v) is 11.1.